The maximum absolute atomic E-state index is 11.7. The van der Waals surface area contributed by atoms with Gasteiger partial charge in [0.2, 0.25) is 5.91 Å². The molecule has 8 nitrogen and oxygen atoms in total. The zero-order chi connectivity index (χ0) is 16.5. The van der Waals surface area contributed by atoms with Crippen LogP contribution in [-0.4, -0.2) is 49.2 Å². The van der Waals surface area contributed by atoms with Crippen LogP contribution >= 0.6 is 0 Å². The van der Waals surface area contributed by atoms with Crippen LogP contribution in [0, 0.1) is 0 Å². The Kier molecular flexibility index (Phi) is 6.81. The summed E-state index contributed by atoms with van der Waals surface area (Å²) in [5.74, 6) is -2.31. The third-order valence-corrected chi connectivity index (χ3v) is 2.72. The van der Waals surface area contributed by atoms with E-state index in [1.54, 1.807) is 0 Å². The maximum atomic E-state index is 11.7. The van der Waals surface area contributed by atoms with E-state index < -0.39 is 30.1 Å². The van der Waals surface area contributed by atoms with Crippen molar-refractivity contribution in [3.8, 4) is 0 Å². The molecule has 0 radical (unpaired) electrons. The average Bonchev–Trinajstić information content (AvgIpc) is 2.95. The van der Waals surface area contributed by atoms with Gasteiger partial charge in [-0.1, -0.05) is 13.2 Å². The van der Waals surface area contributed by atoms with Crippen molar-refractivity contribution in [3.05, 3.63) is 25.3 Å². The standard InChI is InChI=1S/C14H17NO7/c1-3-12(17)20-7-9(22-13(18)4-2)8-21-14(19)10-5-6-11(16)15-10/h3-4,9-10H,1-2,5-8H2,(H,15,16). The van der Waals surface area contributed by atoms with Gasteiger partial charge in [0.25, 0.3) is 0 Å². The Balaban J connectivity index is 2.48. The van der Waals surface area contributed by atoms with E-state index in [0.717, 1.165) is 12.2 Å². The first kappa shape index (κ1) is 17.4. The molecule has 0 spiro atoms. The van der Waals surface area contributed by atoms with Gasteiger partial charge in [-0.25, -0.2) is 14.4 Å². The van der Waals surface area contributed by atoms with E-state index in [1.807, 2.05) is 0 Å². The largest absolute Gasteiger partial charge is 0.460 e. The van der Waals surface area contributed by atoms with E-state index in [0.29, 0.717) is 6.42 Å². The predicted octanol–water partition coefficient (Wildman–Crippen LogP) is -0.365. The highest BCUT2D eigenvalue weighted by Gasteiger charge is 2.29. The SMILES string of the molecule is C=CC(=O)OCC(COC(=O)C1CCC(=O)N1)OC(=O)C=C. The maximum Gasteiger partial charge on any atom is 0.330 e. The Bertz CT molecular complexity index is 486. The molecular weight excluding hydrogens is 294 g/mol. The lowest BCUT2D eigenvalue weighted by atomic mass is 10.2. The third kappa shape index (κ3) is 5.78. The van der Waals surface area contributed by atoms with Crippen molar-refractivity contribution in [2.75, 3.05) is 13.2 Å². The molecule has 120 valence electrons. The van der Waals surface area contributed by atoms with Gasteiger partial charge in [-0.05, 0) is 6.42 Å². The van der Waals surface area contributed by atoms with Crippen molar-refractivity contribution in [1.82, 2.24) is 5.32 Å². The fraction of sp³-hybridized carbons (Fsp3) is 0.429. The van der Waals surface area contributed by atoms with Crippen LogP contribution in [0.3, 0.4) is 0 Å². The number of carbonyl (C=O) groups excluding carboxylic acids is 4. The molecule has 1 aliphatic rings. The van der Waals surface area contributed by atoms with Gasteiger partial charge in [0.1, 0.15) is 19.3 Å². The number of rotatable bonds is 8. The molecule has 1 heterocycles. The molecule has 1 N–H and O–H groups in total. The van der Waals surface area contributed by atoms with E-state index in [1.165, 1.54) is 0 Å². The van der Waals surface area contributed by atoms with E-state index in [2.05, 4.69) is 18.5 Å². The van der Waals surface area contributed by atoms with Gasteiger partial charge >= 0.3 is 17.9 Å². The van der Waals surface area contributed by atoms with E-state index in [-0.39, 0.29) is 25.5 Å². The van der Waals surface area contributed by atoms with Gasteiger partial charge in [0, 0.05) is 18.6 Å². The van der Waals surface area contributed by atoms with Crippen LogP contribution in [-0.2, 0) is 33.4 Å². The zero-order valence-corrected chi connectivity index (χ0v) is 11.9. The van der Waals surface area contributed by atoms with Crippen molar-refractivity contribution in [3.63, 3.8) is 0 Å². The summed E-state index contributed by atoms with van der Waals surface area (Å²) in [5, 5.41) is 2.45. The Morgan fingerprint density at radius 1 is 1.18 bits per heavy atom. The van der Waals surface area contributed by atoms with Crippen LogP contribution in [0.1, 0.15) is 12.8 Å². The molecule has 0 aromatic rings. The van der Waals surface area contributed by atoms with Crippen LogP contribution in [0.2, 0.25) is 0 Å². The summed E-state index contributed by atoms with van der Waals surface area (Å²) in [6, 6.07) is -0.709. The predicted molar refractivity (Wildman–Crippen MR) is 73.4 cm³/mol. The Labute approximate surface area is 127 Å². The van der Waals surface area contributed by atoms with Crippen LogP contribution in [0.25, 0.3) is 0 Å². The second kappa shape index (κ2) is 8.60. The minimum atomic E-state index is -0.976. The summed E-state index contributed by atoms with van der Waals surface area (Å²) in [7, 11) is 0. The lowest BCUT2D eigenvalue weighted by Gasteiger charge is -2.18. The van der Waals surface area contributed by atoms with Crippen LogP contribution in [0.4, 0.5) is 0 Å². The average molecular weight is 311 g/mol. The number of esters is 3. The molecule has 0 aromatic heterocycles. The topological polar surface area (TPSA) is 108 Å². The van der Waals surface area contributed by atoms with Crippen LogP contribution in [0.15, 0.2) is 25.3 Å². The molecule has 1 saturated heterocycles. The second-order valence-corrected chi connectivity index (χ2v) is 4.39. The molecule has 22 heavy (non-hydrogen) atoms. The Morgan fingerprint density at radius 3 is 2.36 bits per heavy atom. The van der Waals surface area contributed by atoms with E-state index in [4.69, 9.17) is 14.2 Å². The number of nitrogens with one attached hydrogen (secondary N) is 1. The van der Waals surface area contributed by atoms with Crippen molar-refractivity contribution in [1.29, 1.82) is 0 Å². The molecule has 0 aromatic carbocycles. The van der Waals surface area contributed by atoms with Gasteiger partial charge in [0.15, 0.2) is 6.10 Å². The first-order valence-corrected chi connectivity index (χ1v) is 6.54. The highest BCUT2D eigenvalue weighted by molar-refractivity contribution is 5.88. The molecule has 1 aliphatic heterocycles. The van der Waals surface area contributed by atoms with Gasteiger partial charge in [0.05, 0.1) is 0 Å². The normalized spacial score (nSPS) is 17.8. The lowest BCUT2D eigenvalue weighted by molar-refractivity contribution is -0.163. The first-order chi connectivity index (χ1) is 10.5. The number of carbonyl (C=O) groups is 4. The van der Waals surface area contributed by atoms with Crippen molar-refractivity contribution in [2.24, 2.45) is 0 Å². The number of ether oxygens (including phenoxy) is 3. The minimum absolute atomic E-state index is 0.225. The van der Waals surface area contributed by atoms with Crippen molar-refractivity contribution >= 4 is 23.8 Å². The monoisotopic (exact) mass is 311 g/mol. The second-order valence-electron chi connectivity index (χ2n) is 4.39. The van der Waals surface area contributed by atoms with Gasteiger partial charge in [-0.2, -0.15) is 0 Å². The number of hydrogen-bond donors (Lipinski definition) is 1. The van der Waals surface area contributed by atoms with E-state index in [9.17, 15) is 19.2 Å². The quantitative estimate of drug-likeness (QED) is 0.370. The van der Waals surface area contributed by atoms with Gasteiger partial charge < -0.3 is 19.5 Å². The molecule has 0 saturated carbocycles. The first-order valence-electron chi connectivity index (χ1n) is 6.54. The summed E-state index contributed by atoms with van der Waals surface area (Å²) >= 11 is 0. The van der Waals surface area contributed by atoms with Crippen LogP contribution < -0.4 is 5.32 Å². The molecule has 2 unspecified atom stereocenters. The number of amides is 1. The van der Waals surface area contributed by atoms with Crippen molar-refractivity contribution in [2.45, 2.75) is 25.0 Å². The summed E-state index contributed by atoms with van der Waals surface area (Å²) in [6.45, 7) is 5.86. The molecule has 0 aliphatic carbocycles. The third-order valence-electron chi connectivity index (χ3n) is 2.72. The Hall–Kier alpha value is -2.64. The van der Waals surface area contributed by atoms with Crippen LogP contribution in [0.5, 0.6) is 0 Å². The van der Waals surface area contributed by atoms with E-state index >= 15 is 0 Å². The highest BCUT2D eigenvalue weighted by Crippen LogP contribution is 2.09. The number of hydrogen-bond acceptors (Lipinski definition) is 7. The minimum Gasteiger partial charge on any atom is -0.460 e. The van der Waals surface area contributed by atoms with Gasteiger partial charge in [-0.3, -0.25) is 4.79 Å². The molecule has 8 heteroatoms. The molecule has 1 fully saturated rings. The fourth-order valence-electron chi connectivity index (χ4n) is 1.63. The fourth-order valence-corrected chi connectivity index (χ4v) is 1.63. The summed E-state index contributed by atoms with van der Waals surface area (Å²) < 4.78 is 14.6. The molecule has 0 bridgehead atoms. The smallest absolute Gasteiger partial charge is 0.330 e. The molecule has 1 rings (SSSR count). The summed E-state index contributed by atoms with van der Waals surface area (Å²) in [6.07, 6.45) is 1.51. The van der Waals surface area contributed by atoms with Gasteiger partial charge in [-0.15, -0.1) is 0 Å². The highest BCUT2D eigenvalue weighted by atomic mass is 16.6. The molecule has 1 amide bonds. The van der Waals surface area contributed by atoms with Crippen molar-refractivity contribution < 1.29 is 33.4 Å². The molecular formula is C14H17NO7. The summed E-state index contributed by atoms with van der Waals surface area (Å²) in [5.41, 5.74) is 0. The lowest BCUT2D eigenvalue weighted by Crippen LogP contribution is -2.37. The summed E-state index contributed by atoms with van der Waals surface area (Å²) in [4.78, 5) is 44.9. The Morgan fingerprint density at radius 2 is 1.82 bits per heavy atom. The zero-order valence-electron chi connectivity index (χ0n) is 11.9. The molecule has 2 atom stereocenters.